The van der Waals surface area contributed by atoms with E-state index in [1.807, 2.05) is 18.2 Å². The maximum Gasteiger partial charge on any atom is 0.367 e. The minimum atomic E-state index is -0.738. The predicted octanol–water partition coefficient (Wildman–Crippen LogP) is 1.48. The molecule has 1 aliphatic rings. The summed E-state index contributed by atoms with van der Waals surface area (Å²) in [7, 11) is 0. The van der Waals surface area contributed by atoms with Crippen LogP contribution < -0.4 is 5.43 Å². The average molecular weight is 230 g/mol. The van der Waals surface area contributed by atoms with Crippen LogP contribution in [0.2, 0.25) is 0 Å². The second kappa shape index (κ2) is 4.61. The van der Waals surface area contributed by atoms with Gasteiger partial charge in [0, 0.05) is 6.08 Å². The number of carbonyl (C=O) groups is 2. The van der Waals surface area contributed by atoms with E-state index < -0.39 is 11.8 Å². The number of hydrazone groups is 1. The second-order valence-corrected chi connectivity index (χ2v) is 3.45. The third-order valence-corrected chi connectivity index (χ3v) is 2.09. The molecule has 0 saturated carbocycles. The zero-order valence-electron chi connectivity index (χ0n) is 9.14. The van der Waals surface area contributed by atoms with Gasteiger partial charge in [-0.2, -0.15) is 5.10 Å². The molecule has 0 amide bonds. The van der Waals surface area contributed by atoms with Gasteiger partial charge in [0.25, 0.3) is 0 Å². The molecule has 0 unspecified atom stereocenters. The number of benzene rings is 1. The van der Waals surface area contributed by atoms with Gasteiger partial charge in [0.05, 0.1) is 5.69 Å². The number of hydrogen-bond acceptors (Lipinski definition) is 5. The summed E-state index contributed by atoms with van der Waals surface area (Å²) in [6.07, 6.45) is 1.23. The minimum Gasteiger partial charge on any atom is -0.426 e. The summed E-state index contributed by atoms with van der Waals surface area (Å²) in [6.45, 7) is 1.54. The van der Waals surface area contributed by atoms with E-state index >= 15 is 0 Å². The largest absolute Gasteiger partial charge is 0.426 e. The first-order valence-corrected chi connectivity index (χ1v) is 5.00. The molecule has 0 aliphatic carbocycles. The molecule has 0 atom stereocenters. The van der Waals surface area contributed by atoms with E-state index in [-0.39, 0.29) is 11.5 Å². The Morgan fingerprint density at radius 1 is 1.18 bits per heavy atom. The molecule has 1 aromatic rings. The van der Waals surface area contributed by atoms with Gasteiger partial charge in [-0.05, 0) is 19.1 Å². The number of allylic oxidation sites excluding steroid dienone is 2. The lowest BCUT2D eigenvalue weighted by Gasteiger charge is -2.10. The number of ketones is 1. The summed E-state index contributed by atoms with van der Waals surface area (Å²) in [4.78, 5) is 22.9. The van der Waals surface area contributed by atoms with Crippen molar-refractivity contribution in [3.05, 3.63) is 42.2 Å². The molecule has 5 heteroatoms. The molecule has 86 valence electrons. The van der Waals surface area contributed by atoms with E-state index in [2.05, 4.69) is 10.5 Å². The fourth-order valence-corrected chi connectivity index (χ4v) is 1.31. The molecule has 2 rings (SSSR count). The Labute approximate surface area is 97.8 Å². The average Bonchev–Trinajstić information content (AvgIpc) is 2.29. The molecule has 0 saturated heterocycles. The molecule has 1 N–H and O–H groups in total. The number of rotatable bonds is 2. The van der Waals surface area contributed by atoms with Crippen molar-refractivity contribution in [3.8, 4) is 0 Å². The molecule has 0 radical (unpaired) electrons. The third-order valence-electron chi connectivity index (χ3n) is 2.09. The molecule has 1 heterocycles. The summed E-state index contributed by atoms with van der Waals surface area (Å²) in [5.41, 5.74) is 3.06. The van der Waals surface area contributed by atoms with Crippen LogP contribution in [0.25, 0.3) is 0 Å². The van der Waals surface area contributed by atoms with Crippen LogP contribution in [-0.4, -0.2) is 17.5 Å². The van der Waals surface area contributed by atoms with E-state index in [4.69, 9.17) is 4.74 Å². The van der Waals surface area contributed by atoms with Gasteiger partial charge in [-0.1, -0.05) is 18.2 Å². The quantitative estimate of drug-likeness (QED) is 0.617. The van der Waals surface area contributed by atoms with Crippen molar-refractivity contribution in [3.63, 3.8) is 0 Å². The molecule has 0 spiro atoms. The van der Waals surface area contributed by atoms with E-state index in [0.29, 0.717) is 5.69 Å². The smallest absolute Gasteiger partial charge is 0.367 e. The van der Waals surface area contributed by atoms with Crippen LogP contribution in [0.5, 0.6) is 0 Å². The zero-order chi connectivity index (χ0) is 12.3. The number of cyclic esters (lactones) is 1. The van der Waals surface area contributed by atoms with Gasteiger partial charge in [0.2, 0.25) is 11.5 Å². The zero-order valence-corrected chi connectivity index (χ0v) is 9.14. The monoisotopic (exact) mass is 230 g/mol. The topological polar surface area (TPSA) is 67.8 Å². The summed E-state index contributed by atoms with van der Waals surface area (Å²) >= 11 is 0. The first kappa shape index (κ1) is 11.1. The SMILES string of the molecule is CC1=CC(=O)/C(=N\Nc2ccccc2)C(=O)O1. The summed E-state index contributed by atoms with van der Waals surface area (Å²) in [5, 5.41) is 3.75. The minimum absolute atomic E-state index is 0.251. The molecule has 0 aromatic heterocycles. The van der Waals surface area contributed by atoms with Gasteiger partial charge >= 0.3 is 5.97 Å². The Morgan fingerprint density at radius 3 is 2.53 bits per heavy atom. The standard InChI is InChI=1S/C12H10N2O3/c1-8-7-10(15)11(12(16)17-8)14-13-9-5-3-2-4-6-9/h2-7,13H,1H3/b14-11+. The van der Waals surface area contributed by atoms with Crippen LogP contribution >= 0.6 is 0 Å². The van der Waals surface area contributed by atoms with Crippen LogP contribution in [0.3, 0.4) is 0 Å². The molecule has 0 fully saturated rings. The van der Waals surface area contributed by atoms with Crippen molar-refractivity contribution in [2.75, 3.05) is 5.43 Å². The molecule has 1 aromatic carbocycles. The van der Waals surface area contributed by atoms with Crippen molar-refractivity contribution < 1.29 is 14.3 Å². The van der Waals surface area contributed by atoms with E-state index in [1.165, 1.54) is 13.0 Å². The predicted molar refractivity (Wildman–Crippen MR) is 62.4 cm³/mol. The van der Waals surface area contributed by atoms with Crippen LogP contribution in [0.15, 0.2) is 47.3 Å². The van der Waals surface area contributed by atoms with Gasteiger partial charge in [-0.25, -0.2) is 4.79 Å². The first-order valence-electron chi connectivity index (χ1n) is 5.00. The van der Waals surface area contributed by atoms with Crippen molar-refractivity contribution in [2.45, 2.75) is 6.92 Å². The Bertz CT molecular complexity index is 518. The highest BCUT2D eigenvalue weighted by atomic mass is 16.5. The van der Waals surface area contributed by atoms with Gasteiger partial charge in [0.15, 0.2) is 0 Å². The summed E-state index contributed by atoms with van der Waals surface area (Å²) < 4.78 is 4.79. The molecule has 1 aliphatic heterocycles. The Hall–Kier alpha value is -2.43. The van der Waals surface area contributed by atoms with E-state index in [0.717, 1.165) is 0 Å². The van der Waals surface area contributed by atoms with Crippen LogP contribution in [0, 0.1) is 0 Å². The number of ether oxygens (including phenoxy) is 1. The van der Waals surface area contributed by atoms with E-state index in [9.17, 15) is 9.59 Å². The second-order valence-electron chi connectivity index (χ2n) is 3.45. The maximum absolute atomic E-state index is 11.5. The van der Waals surface area contributed by atoms with Crippen LogP contribution in [0.4, 0.5) is 5.69 Å². The Kier molecular flexibility index (Phi) is 3.00. The lowest BCUT2D eigenvalue weighted by Crippen LogP contribution is -2.30. The van der Waals surface area contributed by atoms with Gasteiger partial charge in [-0.3, -0.25) is 10.2 Å². The van der Waals surface area contributed by atoms with Gasteiger partial charge < -0.3 is 4.74 Å². The number of nitrogens with zero attached hydrogens (tertiary/aromatic N) is 1. The fourth-order valence-electron chi connectivity index (χ4n) is 1.31. The number of anilines is 1. The van der Waals surface area contributed by atoms with Crippen molar-refractivity contribution in [1.29, 1.82) is 0 Å². The van der Waals surface area contributed by atoms with Gasteiger partial charge in [-0.15, -0.1) is 0 Å². The number of esters is 1. The molecule has 0 bridgehead atoms. The highest BCUT2D eigenvalue weighted by Gasteiger charge is 2.26. The first-order chi connectivity index (χ1) is 8.16. The number of hydrogen-bond donors (Lipinski definition) is 1. The lowest BCUT2D eigenvalue weighted by atomic mass is 10.2. The lowest BCUT2D eigenvalue weighted by molar-refractivity contribution is -0.133. The molecular formula is C12H10N2O3. The highest BCUT2D eigenvalue weighted by Crippen LogP contribution is 2.08. The van der Waals surface area contributed by atoms with Crippen molar-refractivity contribution in [2.24, 2.45) is 5.10 Å². The molecule has 17 heavy (non-hydrogen) atoms. The number of nitrogens with one attached hydrogen (secondary N) is 1. The van der Waals surface area contributed by atoms with Crippen LogP contribution in [-0.2, 0) is 14.3 Å². The molecular weight excluding hydrogens is 220 g/mol. The fraction of sp³-hybridized carbons (Fsp3) is 0.0833. The van der Waals surface area contributed by atoms with Crippen molar-refractivity contribution in [1.82, 2.24) is 0 Å². The Morgan fingerprint density at radius 2 is 1.88 bits per heavy atom. The number of para-hydroxylation sites is 1. The molecule has 5 nitrogen and oxygen atoms in total. The van der Waals surface area contributed by atoms with E-state index in [1.54, 1.807) is 12.1 Å². The Balaban J connectivity index is 2.18. The van der Waals surface area contributed by atoms with Crippen molar-refractivity contribution >= 4 is 23.2 Å². The summed E-state index contributed by atoms with van der Waals surface area (Å²) in [5.74, 6) is -0.917. The third kappa shape index (κ3) is 2.57. The van der Waals surface area contributed by atoms with Gasteiger partial charge in [0.1, 0.15) is 5.76 Å². The summed E-state index contributed by atoms with van der Waals surface area (Å²) in [6, 6.07) is 9.01. The number of carbonyl (C=O) groups excluding carboxylic acids is 2. The normalized spacial score (nSPS) is 17.7. The van der Waals surface area contributed by atoms with Crippen LogP contribution in [0.1, 0.15) is 6.92 Å². The highest BCUT2D eigenvalue weighted by molar-refractivity contribution is 6.67. The maximum atomic E-state index is 11.5.